The van der Waals surface area contributed by atoms with Crippen molar-refractivity contribution < 1.29 is 22.6 Å². The zero-order valence-electron chi connectivity index (χ0n) is 10.8. The van der Waals surface area contributed by atoms with E-state index in [-0.39, 0.29) is 17.1 Å². The number of benzene rings is 2. The molecular formula is C14H11F3N2O2. The maximum atomic E-state index is 13.6. The van der Waals surface area contributed by atoms with Gasteiger partial charge in [0.15, 0.2) is 23.1 Å². The predicted octanol–water partition coefficient (Wildman–Crippen LogP) is 3.20. The van der Waals surface area contributed by atoms with Crippen LogP contribution in [0.25, 0.3) is 0 Å². The number of hydrogen-bond acceptors (Lipinski definition) is 4. The number of rotatable bonds is 2. The van der Waals surface area contributed by atoms with Crippen LogP contribution in [0.5, 0.6) is 11.5 Å². The maximum Gasteiger partial charge on any atom is 0.182 e. The zero-order valence-corrected chi connectivity index (χ0v) is 10.8. The number of halogens is 3. The predicted molar refractivity (Wildman–Crippen MR) is 71.4 cm³/mol. The van der Waals surface area contributed by atoms with Crippen molar-refractivity contribution in [3.8, 4) is 11.5 Å². The van der Waals surface area contributed by atoms with Crippen LogP contribution in [-0.2, 0) is 0 Å². The molecule has 0 saturated carbocycles. The van der Waals surface area contributed by atoms with Gasteiger partial charge in [-0.25, -0.2) is 13.2 Å². The molecule has 4 nitrogen and oxygen atoms in total. The molecule has 0 saturated heterocycles. The number of nitrogens with one attached hydrogen (secondary N) is 1. The van der Waals surface area contributed by atoms with Crippen molar-refractivity contribution in [2.45, 2.75) is 0 Å². The molecule has 1 heterocycles. The van der Waals surface area contributed by atoms with Crippen LogP contribution < -0.4 is 20.5 Å². The van der Waals surface area contributed by atoms with Crippen molar-refractivity contribution in [1.82, 2.24) is 0 Å². The molecule has 3 N–H and O–H groups in total. The van der Waals surface area contributed by atoms with E-state index in [2.05, 4.69) is 5.32 Å². The van der Waals surface area contributed by atoms with Gasteiger partial charge >= 0.3 is 0 Å². The van der Waals surface area contributed by atoms with Crippen LogP contribution in [0, 0.1) is 17.5 Å². The topological polar surface area (TPSA) is 56.5 Å². The van der Waals surface area contributed by atoms with E-state index in [4.69, 9.17) is 15.2 Å². The van der Waals surface area contributed by atoms with Crippen LogP contribution in [0.4, 0.5) is 30.2 Å². The van der Waals surface area contributed by atoms with Crippen molar-refractivity contribution >= 4 is 17.1 Å². The Morgan fingerprint density at radius 2 is 1.57 bits per heavy atom. The van der Waals surface area contributed by atoms with Gasteiger partial charge < -0.3 is 20.5 Å². The fraction of sp³-hybridized carbons (Fsp3) is 0.143. The lowest BCUT2D eigenvalue weighted by Crippen LogP contribution is -2.16. The Kier molecular flexibility index (Phi) is 3.25. The molecule has 0 spiro atoms. The summed E-state index contributed by atoms with van der Waals surface area (Å²) < 4.78 is 50.7. The lowest BCUT2D eigenvalue weighted by Gasteiger charge is -2.20. The fourth-order valence-corrected chi connectivity index (χ4v) is 2.00. The quantitative estimate of drug-likeness (QED) is 0.660. The normalized spacial score (nSPS) is 13.1. The molecule has 1 aliphatic rings. The summed E-state index contributed by atoms with van der Waals surface area (Å²) in [5.41, 5.74) is 5.97. The molecule has 0 aromatic heterocycles. The smallest absolute Gasteiger partial charge is 0.182 e. The molecule has 0 unspecified atom stereocenters. The van der Waals surface area contributed by atoms with Gasteiger partial charge in [0.25, 0.3) is 0 Å². The number of nitrogens with two attached hydrogens (primary N) is 1. The first kappa shape index (κ1) is 13.4. The van der Waals surface area contributed by atoms with Crippen molar-refractivity contribution in [1.29, 1.82) is 0 Å². The van der Waals surface area contributed by atoms with Gasteiger partial charge in [-0.1, -0.05) is 0 Å². The standard InChI is InChI=1S/C14H11F3N2O2/c15-7-3-8(16)14(17)11(4-7)19-10-6-13-12(5-9(10)18)20-1-2-21-13/h3-6,19H,1-2,18H2. The summed E-state index contributed by atoms with van der Waals surface area (Å²) in [4.78, 5) is 0. The van der Waals surface area contributed by atoms with Gasteiger partial charge in [-0.2, -0.15) is 0 Å². The van der Waals surface area contributed by atoms with E-state index in [0.29, 0.717) is 30.8 Å². The molecule has 110 valence electrons. The highest BCUT2D eigenvalue weighted by Crippen LogP contribution is 2.38. The second-order valence-corrected chi connectivity index (χ2v) is 4.46. The Labute approximate surface area is 118 Å². The van der Waals surface area contributed by atoms with E-state index in [1.807, 2.05) is 0 Å². The summed E-state index contributed by atoms with van der Waals surface area (Å²) in [6.45, 7) is 0.780. The lowest BCUT2D eigenvalue weighted by atomic mass is 10.2. The van der Waals surface area contributed by atoms with Gasteiger partial charge in [-0.3, -0.25) is 0 Å². The van der Waals surface area contributed by atoms with Crippen LogP contribution in [0.15, 0.2) is 24.3 Å². The first-order valence-electron chi connectivity index (χ1n) is 6.15. The average Bonchev–Trinajstić information content (AvgIpc) is 2.45. The number of ether oxygens (including phenoxy) is 2. The first-order valence-corrected chi connectivity index (χ1v) is 6.15. The molecule has 0 radical (unpaired) electrons. The highest BCUT2D eigenvalue weighted by molar-refractivity contribution is 5.77. The molecule has 2 aromatic rings. The van der Waals surface area contributed by atoms with Crippen LogP contribution in [-0.4, -0.2) is 13.2 Å². The summed E-state index contributed by atoms with van der Waals surface area (Å²) in [5.74, 6) is -2.47. The first-order chi connectivity index (χ1) is 10.0. The second kappa shape index (κ2) is 5.08. The van der Waals surface area contributed by atoms with Crippen molar-refractivity contribution in [3.05, 3.63) is 41.7 Å². The third kappa shape index (κ3) is 2.54. The second-order valence-electron chi connectivity index (χ2n) is 4.46. The third-order valence-electron chi connectivity index (χ3n) is 2.98. The van der Waals surface area contributed by atoms with Gasteiger partial charge in [-0.05, 0) is 0 Å². The van der Waals surface area contributed by atoms with E-state index in [9.17, 15) is 13.2 Å². The summed E-state index contributed by atoms with van der Waals surface area (Å²) >= 11 is 0. The molecule has 21 heavy (non-hydrogen) atoms. The van der Waals surface area contributed by atoms with Gasteiger partial charge in [0.1, 0.15) is 19.0 Å². The van der Waals surface area contributed by atoms with Gasteiger partial charge in [0, 0.05) is 24.3 Å². The van der Waals surface area contributed by atoms with Crippen molar-refractivity contribution in [2.24, 2.45) is 0 Å². The molecule has 1 aliphatic heterocycles. The van der Waals surface area contributed by atoms with Gasteiger partial charge in [0.2, 0.25) is 0 Å². The number of hydrogen-bond donors (Lipinski definition) is 2. The number of fused-ring (bicyclic) bond motifs is 1. The molecule has 7 heteroatoms. The third-order valence-corrected chi connectivity index (χ3v) is 2.98. The van der Waals surface area contributed by atoms with E-state index in [0.717, 1.165) is 6.07 Å². The SMILES string of the molecule is Nc1cc2c(cc1Nc1cc(F)cc(F)c1F)OCCO2. The minimum absolute atomic E-state index is 0.239. The van der Waals surface area contributed by atoms with Crippen LogP contribution in [0.3, 0.4) is 0 Å². The summed E-state index contributed by atoms with van der Waals surface area (Å²) in [5, 5.41) is 2.56. The molecule has 0 bridgehead atoms. The largest absolute Gasteiger partial charge is 0.486 e. The molecule has 0 amide bonds. The highest BCUT2D eigenvalue weighted by Gasteiger charge is 2.17. The Hall–Kier alpha value is -2.57. The van der Waals surface area contributed by atoms with Crippen LogP contribution in [0.2, 0.25) is 0 Å². The monoisotopic (exact) mass is 296 g/mol. The van der Waals surface area contributed by atoms with Gasteiger partial charge in [-0.15, -0.1) is 0 Å². The Morgan fingerprint density at radius 1 is 0.905 bits per heavy atom. The Balaban J connectivity index is 1.98. The van der Waals surface area contributed by atoms with Crippen LogP contribution >= 0.6 is 0 Å². The summed E-state index contributed by atoms with van der Waals surface area (Å²) in [6.07, 6.45) is 0. The number of nitrogen functional groups attached to an aromatic ring is 1. The summed E-state index contributed by atoms with van der Waals surface area (Å²) in [6, 6.07) is 4.30. The van der Waals surface area contributed by atoms with Crippen LogP contribution in [0.1, 0.15) is 0 Å². The maximum absolute atomic E-state index is 13.6. The van der Waals surface area contributed by atoms with Gasteiger partial charge in [0.05, 0.1) is 17.1 Å². The fourth-order valence-electron chi connectivity index (χ4n) is 2.00. The Morgan fingerprint density at radius 3 is 2.29 bits per heavy atom. The van der Waals surface area contributed by atoms with E-state index >= 15 is 0 Å². The summed E-state index contributed by atoms with van der Waals surface area (Å²) in [7, 11) is 0. The molecule has 0 atom stereocenters. The lowest BCUT2D eigenvalue weighted by molar-refractivity contribution is 0.172. The molecule has 2 aromatic carbocycles. The molecular weight excluding hydrogens is 285 g/mol. The van der Waals surface area contributed by atoms with Crippen molar-refractivity contribution in [3.63, 3.8) is 0 Å². The number of anilines is 3. The minimum atomic E-state index is -1.28. The average molecular weight is 296 g/mol. The zero-order chi connectivity index (χ0) is 15.0. The van der Waals surface area contributed by atoms with E-state index < -0.39 is 17.5 Å². The molecule has 0 fully saturated rings. The van der Waals surface area contributed by atoms with Crippen molar-refractivity contribution in [2.75, 3.05) is 24.3 Å². The Bertz CT molecular complexity index is 707. The highest BCUT2D eigenvalue weighted by atomic mass is 19.2. The van der Waals surface area contributed by atoms with E-state index in [1.54, 1.807) is 0 Å². The minimum Gasteiger partial charge on any atom is -0.486 e. The molecule has 3 rings (SSSR count). The van der Waals surface area contributed by atoms with E-state index in [1.165, 1.54) is 12.1 Å². The molecule has 0 aliphatic carbocycles.